The number of carbonyl (C=O) groups is 2. The van der Waals surface area contributed by atoms with Crippen LogP contribution in [0.25, 0.3) is 0 Å². The molecule has 0 unspecified atom stereocenters. The van der Waals surface area contributed by atoms with Crippen molar-refractivity contribution in [3.05, 3.63) is 53.9 Å². The molecule has 1 fully saturated rings. The zero-order valence-corrected chi connectivity index (χ0v) is 13.9. The second-order valence-corrected chi connectivity index (χ2v) is 6.21. The molecule has 0 radical (unpaired) electrons. The van der Waals surface area contributed by atoms with Crippen molar-refractivity contribution >= 4 is 11.8 Å². The summed E-state index contributed by atoms with van der Waals surface area (Å²) in [6.45, 7) is 1.24. The lowest BCUT2D eigenvalue weighted by atomic mass is 9.96. The Labute approximate surface area is 145 Å². The van der Waals surface area contributed by atoms with Crippen LogP contribution in [-0.2, 0) is 22.6 Å². The lowest BCUT2D eigenvalue weighted by Crippen LogP contribution is -2.46. The molecule has 7 heteroatoms. The van der Waals surface area contributed by atoms with Crippen molar-refractivity contribution in [2.45, 2.75) is 25.8 Å². The van der Waals surface area contributed by atoms with Gasteiger partial charge in [0.05, 0.1) is 12.5 Å². The van der Waals surface area contributed by atoms with Crippen LogP contribution in [0, 0.1) is 11.7 Å². The fourth-order valence-electron chi connectivity index (χ4n) is 3.01. The van der Waals surface area contributed by atoms with Crippen LogP contribution in [0.3, 0.4) is 0 Å². The molecule has 1 saturated heterocycles. The average Bonchev–Trinajstić information content (AvgIpc) is 3.12. The Balaban J connectivity index is 1.51. The van der Waals surface area contributed by atoms with Crippen LogP contribution in [0.2, 0.25) is 0 Å². The van der Waals surface area contributed by atoms with E-state index in [9.17, 15) is 14.0 Å². The maximum absolute atomic E-state index is 13.2. The molecule has 1 aromatic heterocycles. The van der Waals surface area contributed by atoms with E-state index in [-0.39, 0.29) is 23.5 Å². The molecule has 2 aromatic rings. The van der Waals surface area contributed by atoms with E-state index in [4.69, 9.17) is 0 Å². The number of nitrogens with zero attached hydrogens (tertiary/aromatic N) is 2. The molecule has 25 heavy (non-hydrogen) atoms. The van der Waals surface area contributed by atoms with Crippen LogP contribution in [0.5, 0.6) is 0 Å². The molecule has 1 aromatic carbocycles. The number of aromatic amines is 1. The first-order valence-corrected chi connectivity index (χ1v) is 8.40. The fourth-order valence-corrected chi connectivity index (χ4v) is 3.01. The van der Waals surface area contributed by atoms with Crippen LogP contribution >= 0.6 is 0 Å². The molecule has 2 N–H and O–H groups in total. The number of aromatic nitrogens is 2. The maximum atomic E-state index is 13.2. The molecule has 6 nitrogen and oxygen atoms in total. The fraction of sp³-hybridized carbons (Fsp3) is 0.389. The number of imidazole rings is 1. The van der Waals surface area contributed by atoms with Gasteiger partial charge in [-0.1, -0.05) is 12.1 Å². The minimum Gasteiger partial charge on any atom is -0.349 e. The molecule has 0 saturated carbocycles. The number of hydrogen-bond donors (Lipinski definition) is 2. The highest BCUT2D eigenvalue weighted by molar-refractivity contribution is 5.83. The molecule has 0 spiro atoms. The van der Waals surface area contributed by atoms with E-state index in [2.05, 4.69) is 15.3 Å². The molecule has 1 aliphatic rings. The number of nitrogens with one attached hydrogen (secondary N) is 2. The number of benzene rings is 1. The van der Waals surface area contributed by atoms with Crippen LogP contribution in [0.15, 0.2) is 36.7 Å². The van der Waals surface area contributed by atoms with Crippen molar-refractivity contribution < 1.29 is 14.0 Å². The first-order valence-electron chi connectivity index (χ1n) is 8.40. The second-order valence-electron chi connectivity index (χ2n) is 6.21. The summed E-state index contributed by atoms with van der Waals surface area (Å²) in [5.74, 6) is 0.173. The number of carbonyl (C=O) groups excluding carboxylic acids is 2. The highest BCUT2D eigenvalue weighted by Gasteiger charge is 2.29. The topological polar surface area (TPSA) is 78.1 Å². The van der Waals surface area contributed by atoms with Gasteiger partial charge in [0, 0.05) is 31.9 Å². The lowest BCUT2D eigenvalue weighted by Gasteiger charge is -2.32. The minimum absolute atomic E-state index is 0.0477. The summed E-state index contributed by atoms with van der Waals surface area (Å²) in [6.07, 6.45) is 4.83. The third kappa shape index (κ3) is 4.65. The smallest absolute Gasteiger partial charge is 0.225 e. The van der Waals surface area contributed by atoms with Gasteiger partial charge in [0.15, 0.2) is 0 Å². The summed E-state index contributed by atoms with van der Waals surface area (Å²) in [5.41, 5.74) is 0.845. The number of H-pyrrole nitrogens is 1. The van der Waals surface area contributed by atoms with E-state index >= 15 is 0 Å². The monoisotopic (exact) mass is 344 g/mol. The number of likely N-dealkylation sites (tertiary alicyclic amines) is 1. The van der Waals surface area contributed by atoms with Crippen LogP contribution in [-0.4, -0.2) is 39.8 Å². The van der Waals surface area contributed by atoms with Gasteiger partial charge in [-0.05, 0) is 30.5 Å². The Morgan fingerprint density at radius 1 is 1.44 bits per heavy atom. The zero-order valence-electron chi connectivity index (χ0n) is 13.9. The van der Waals surface area contributed by atoms with Crippen molar-refractivity contribution in [2.75, 3.05) is 13.1 Å². The molecule has 1 aliphatic heterocycles. The Bertz CT molecular complexity index is 732. The second kappa shape index (κ2) is 7.92. The number of amides is 2. The predicted molar refractivity (Wildman–Crippen MR) is 89.8 cm³/mol. The first kappa shape index (κ1) is 17.1. The van der Waals surface area contributed by atoms with Crippen LogP contribution in [0.1, 0.15) is 24.2 Å². The van der Waals surface area contributed by atoms with Gasteiger partial charge in [-0.3, -0.25) is 9.59 Å². The summed E-state index contributed by atoms with van der Waals surface area (Å²) in [4.78, 5) is 33.1. The summed E-state index contributed by atoms with van der Waals surface area (Å²) >= 11 is 0. The van der Waals surface area contributed by atoms with Crippen LogP contribution in [0.4, 0.5) is 4.39 Å². The quantitative estimate of drug-likeness (QED) is 0.836. The van der Waals surface area contributed by atoms with Crippen molar-refractivity contribution in [3.8, 4) is 0 Å². The van der Waals surface area contributed by atoms with Crippen molar-refractivity contribution in [1.29, 1.82) is 0 Å². The molecular formula is C18H21FN4O2. The SMILES string of the molecule is O=C(NCc1ncc[nH]1)[C@H]1CCC(=O)N(CCc2cccc(F)c2)C1. The lowest BCUT2D eigenvalue weighted by molar-refractivity contribution is -0.138. The highest BCUT2D eigenvalue weighted by atomic mass is 19.1. The van der Waals surface area contributed by atoms with Crippen molar-refractivity contribution in [2.24, 2.45) is 5.92 Å². The van der Waals surface area contributed by atoms with Gasteiger partial charge < -0.3 is 15.2 Å². The van der Waals surface area contributed by atoms with Gasteiger partial charge in [0.25, 0.3) is 0 Å². The molecule has 3 rings (SSSR count). The summed E-state index contributed by atoms with van der Waals surface area (Å²) in [6, 6.07) is 6.37. The Kier molecular flexibility index (Phi) is 5.42. The Morgan fingerprint density at radius 3 is 3.08 bits per heavy atom. The molecule has 1 atom stereocenters. The zero-order chi connectivity index (χ0) is 17.6. The van der Waals surface area contributed by atoms with E-state index in [0.717, 1.165) is 5.56 Å². The molecule has 132 valence electrons. The third-order valence-corrected chi connectivity index (χ3v) is 4.42. The Morgan fingerprint density at radius 2 is 2.32 bits per heavy atom. The van der Waals surface area contributed by atoms with Gasteiger partial charge >= 0.3 is 0 Å². The van der Waals surface area contributed by atoms with Crippen molar-refractivity contribution in [3.63, 3.8) is 0 Å². The standard InChI is InChI=1S/C18H21FN4O2/c19-15-3-1-2-13(10-15)6-9-23-12-14(4-5-17(23)24)18(25)22-11-16-20-7-8-21-16/h1-3,7-8,10,14H,4-6,9,11-12H2,(H,20,21)(H,22,25)/t14-/m0/s1. The molecular weight excluding hydrogens is 323 g/mol. The number of rotatable bonds is 6. The largest absolute Gasteiger partial charge is 0.349 e. The summed E-state index contributed by atoms with van der Waals surface area (Å²) in [7, 11) is 0. The van der Waals surface area contributed by atoms with E-state index in [0.29, 0.717) is 44.7 Å². The normalized spacial score (nSPS) is 17.6. The van der Waals surface area contributed by atoms with E-state index in [1.165, 1.54) is 12.1 Å². The van der Waals surface area contributed by atoms with Gasteiger partial charge in [-0.2, -0.15) is 0 Å². The molecule has 0 bridgehead atoms. The number of piperidine rings is 1. The predicted octanol–water partition coefficient (Wildman–Crippen LogP) is 1.65. The Hall–Kier alpha value is -2.70. The van der Waals surface area contributed by atoms with Gasteiger partial charge in [0.1, 0.15) is 11.6 Å². The molecule has 2 heterocycles. The maximum Gasteiger partial charge on any atom is 0.225 e. The van der Waals surface area contributed by atoms with Crippen molar-refractivity contribution in [1.82, 2.24) is 20.2 Å². The summed E-state index contributed by atoms with van der Waals surface area (Å²) in [5, 5.41) is 2.85. The average molecular weight is 344 g/mol. The third-order valence-electron chi connectivity index (χ3n) is 4.42. The van der Waals surface area contributed by atoms with Gasteiger partial charge in [0.2, 0.25) is 11.8 Å². The summed E-state index contributed by atoms with van der Waals surface area (Å²) < 4.78 is 13.2. The van der Waals surface area contributed by atoms with E-state index in [1.807, 2.05) is 6.07 Å². The first-order chi connectivity index (χ1) is 12.1. The van der Waals surface area contributed by atoms with Crippen LogP contribution < -0.4 is 5.32 Å². The molecule has 2 amide bonds. The number of halogens is 1. The van der Waals surface area contributed by atoms with E-state index < -0.39 is 0 Å². The van der Waals surface area contributed by atoms with E-state index in [1.54, 1.807) is 23.4 Å². The highest BCUT2D eigenvalue weighted by Crippen LogP contribution is 2.18. The molecule has 0 aliphatic carbocycles. The van der Waals surface area contributed by atoms with Gasteiger partial charge in [-0.25, -0.2) is 9.37 Å². The number of hydrogen-bond acceptors (Lipinski definition) is 3. The minimum atomic E-state index is -0.280. The van der Waals surface area contributed by atoms with Gasteiger partial charge in [-0.15, -0.1) is 0 Å².